The standard InChI is InChI=1S/C22H37N3O4.C18H30N2O4/c1-16(2)29-22(27)24-13-7-17(8-14-24)23-11-9-18(10-12-23)25-19-5-3-4-6-20(19)28-15-21(25)26;1-18(2,3)24-17(22)19-10-8-13(9-11-19)20-14-6-4-5-7-15(14)23-12-16(20)21/h16-20H,3-15H2,1-2H3;13-15H,4-12H2,1-3H3/t19-,20-;14-,15-/m11/s1. The van der Waals surface area contributed by atoms with Gasteiger partial charge in [0.1, 0.15) is 18.8 Å². The molecule has 0 aromatic carbocycles. The van der Waals surface area contributed by atoms with E-state index < -0.39 is 5.60 Å². The van der Waals surface area contributed by atoms with Crippen LogP contribution >= 0.6 is 0 Å². The number of hydrogen-bond acceptors (Lipinski definition) is 9. The van der Waals surface area contributed by atoms with Gasteiger partial charge in [-0.1, -0.05) is 25.7 Å². The highest BCUT2D eigenvalue weighted by atomic mass is 16.6. The second-order valence-electron chi connectivity index (χ2n) is 17.6. The van der Waals surface area contributed by atoms with Crippen LogP contribution in [-0.4, -0.2) is 155 Å². The van der Waals surface area contributed by atoms with Crippen LogP contribution < -0.4 is 0 Å². The lowest BCUT2D eigenvalue weighted by Crippen LogP contribution is -2.61. The van der Waals surface area contributed by atoms with Crippen molar-refractivity contribution < 1.29 is 38.1 Å². The second kappa shape index (κ2) is 17.9. The van der Waals surface area contributed by atoms with Gasteiger partial charge in [0.15, 0.2) is 0 Å². The molecule has 4 atom stereocenters. The average molecular weight is 746 g/mol. The third-order valence-corrected chi connectivity index (χ3v) is 12.4. The smallest absolute Gasteiger partial charge is 0.410 e. The van der Waals surface area contributed by atoms with E-state index in [4.69, 9.17) is 18.9 Å². The predicted octanol–water partition coefficient (Wildman–Crippen LogP) is 5.19. The van der Waals surface area contributed by atoms with Crippen LogP contribution in [0.2, 0.25) is 0 Å². The lowest BCUT2D eigenvalue weighted by Gasteiger charge is -2.50. The first-order valence-electron chi connectivity index (χ1n) is 20.9. The van der Waals surface area contributed by atoms with Crippen molar-refractivity contribution in [2.75, 3.05) is 52.5 Å². The van der Waals surface area contributed by atoms with Gasteiger partial charge < -0.3 is 43.4 Å². The number of rotatable bonds is 4. The van der Waals surface area contributed by atoms with E-state index in [2.05, 4.69) is 14.7 Å². The Labute approximate surface area is 317 Å². The quantitative estimate of drug-likeness (QED) is 0.383. The Morgan fingerprint density at radius 3 is 1.47 bits per heavy atom. The Morgan fingerprint density at radius 2 is 1.02 bits per heavy atom. The molecule has 300 valence electrons. The van der Waals surface area contributed by atoms with Crippen LogP contribution in [0.15, 0.2) is 0 Å². The van der Waals surface area contributed by atoms with E-state index in [-0.39, 0.29) is 67.6 Å². The lowest BCUT2D eigenvalue weighted by atomic mass is 9.87. The molecule has 53 heavy (non-hydrogen) atoms. The molecular weight excluding hydrogens is 678 g/mol. The summed E-state index contributed by atoms with van der Waals surface area (Å²) < 4.78 is 22.4. The maximum Gasteiger partial charge on any atom is 0.410 e. The number of piperidine rings is 3. The molecule has 13 heteroatoms. The largest absolute Gasteiger partial charge is 0.447 e. The minimum Gasteiger partial charge on any atom is -0.447 e. The number of nitrogens with zero attached hydrogens (tertiary/aromatic N) is 5. The summed E-state index contributed by atoms with van der Waals surface area (Å²) in [6, 6.07) is 1.68. The molecule has 7 aliphatic rings. The fourth-order valence-corrected chi connectivity index (χ4v) is 9.88. The maximum atomic E-state index is 12.6. The zero-order valence-corrected chi connectivity index (χ0v) is 33.2. The summed E-state index contributed by atoms with van der Waals surface area (Å²) in [5.74, 6) is 0.317. The van der Waals surface area contributed by atoms with Gasteiger partial charge in [0, 0.05) is 57.4 Å². The number of likely N-dealkylation sites (tertiary alicyclic amines) is 3. The van der Waals surface area contributed by atoms with Gasteiger partial charge in [-0.2, -0.15) is 0 Å². The van der Waals surface area contributed by atoms with Crippen LogP contribution in [0.25, 0.3) is 0 Å². The summed E-state index contributed by atoms with van der Waals surface area (Å²) in [5.41, 5.74) is -0.469. The third kappa shape index (κ3) is 10.2. The molecule has 0 bridgehead atoms. The van der Waals surface area contributed by atoms with Crippen molar-refractivity contribution in [1.82, 2.24) is 24.5 Å². The molecule has 2 saturated carbocycles. The van der Waals surface area contributed by atoms with Crippen LogP contribution in [0.4, 0.5) is 9.59 Å². The van der Waals surface area contributed by atoms with Crippen molar-refractivity contribution in [3.63, 3.8) is 0 Å². The van der Waals surface area contributed by atoms with Gasteiger partial charge in [-0.15, -0.1) is 0 Å². The average Bonchev–Trinajstić information content (AvgIpc) is 3.14. The van der Waals surface area contributed by atoms with Gasteiger partial charge >= 0.3 is 12.2 Å². The monoisotopic (exact) mass is 745 g/mol. The van der Waals surface area contributed by atoms with Crippen molar-refractivity contribution in [3.8, 4) is 0 Å². The molecule has 5 saturated heterocycles. The van der Waals surface area contributed by atoms with Crippen LogP contribution in [0.5, 0.6) is 0 Å². The van der Waals surface area contributed by atoms with Crippen LogP contribution in [0.1, 0.15) is 125 Å². The molecule has 0 aromatic rings. The normalized spacial score (nSPS) is 30.0. The van der Waals surface area contributed by atoms with Crippen LogP contribution in [-0.2, 0) is 28.5 Å². The molecule has 0 aromatic heterocycles. The van der Waals surface area contributed by atoms with Gasteiger partial charge in [-0.25, -0.2) is 9.59 Å². The molecule has 5 aliphatic heterocycles. The summed E-state index contributed by atoms with van der Waals surface area (Å²) in [5, 5.41) is 0. The molecule has 7 fully saturated rings. The number of hydrogen-bond donors (Lipinski definition) is 0. The van der Waals surface area contributed by atoms with E-state index in [1.807, 2.05) is 39.5 Å². The molecule has 5 heterocycles. The van der Waals surface area contributed by atoms with Gasteiger partial charge in [-0.05, 0) is 98.8 Å². The Kier molecular flexibility index (Phi) is 13.5. The fourth-order valence-electron chi connectivity index (χ4n) is 9.88. The SMILES string of the molecule is CC(C)(C)OC(=O)N1CCC(N2C(=O)CO[C@@H]3CCCC[C@H]32)CC1.CC(C)OC(=O)N1CCC(N2CCC(N3C(=O)CO[C@@H]4CCCC[C@H]43)CC2)CC1. The Hall–Kier alpha value is -2.64. The van der Waals surface area contributed by atoms with Crippen LogP contribution in [0.3, 0.4) is 0 Å². The minimum absolute atomic E-state index is 0.0640. The van der Waals surface area contributed by atoms with E-state index in [9.17, 15) is 19.2 Å². The molecule has 0 spiro atoms. The van der Waals surface area contributed by atoms with E-state index in [1.54, 1.807) is 4.90 Å². The van der Waals surface area contributed by atoms with Gasteiger partial charge in [0.25, 0.3) is 0 Å². The Morgan fingerprint density at radius 1 is 0.604 bits per heavy atom. The molecule has 2 aliphatic carbocycles. The molecule has 4 amide bonds. The summed E-state index contributed by atoms with van der Waals surface area (Å²) in [6.45, 7) is 14.9. The first-order valence-corrected chi connectivity index (χ1v) is 20.9. The molecule has 0 N–H and O–H groups in total. The van der Waals surface area contributed by atoms with Crippen molar-refractivity contribution in [2.45, 2.75) is 179 Å². The molecule has 13 nitrogen and oxygen atoms in total. The highest BCUT2D eigenvalue weighted by molar-refractivity contribution is 5.79. The minimum atomic E-state index is -0.469. The van der Waals surface area contributed by atoms with Gasteiger partial charge in [0.2, 0.25) is 11.8 Å². The van der Waals surface area contributed by atoms with E-state index in [1.165, 1.54) is 25.7 Å². The fraction of sp³-hybridized carbons (Fsp3) is 0.900. The summed E-state index contributed by atoms with van der Waals surface area (Å²) in [4.78, 5) is 59.9. The predicted molar refractivity (Wildman–Crippen MR) is 199 cm³/mol. The van der Waals surface area contributed by atoms with Gasteiger partial charge in [0.05, 0.1) is 30.4 Å². The van der Waals surface area contributed by atoms with Crippen molar-refractivity contribution in [3.05, 3.63) is 0 Å². The second-order valence-corrected chi connectivity index (χ2v) is 17.6. The first kappa shape index (κ1) is 40.0. The Balaban J connectivity index is 0.000000185. The maximum absolute atomic E-state index is 12.6. The third-order valence-electron chi connectivity index (χ3n) is 12.4. The molecule has 7 rings (SSSR count). The van der Waals surface area contributed by atoms with E-state index in [0.717, 1.165) is 90.4 Å². The number of carbonyl (C=O) groups is 4. The summed E-state index contributed by atoms with van der Waals surface area (Å²) >= 11 is 0. The van der Waals surface area contributed by atoms with Crippen molar-refractivity contribution >= 4 is 24.0 Å². The van der Waals surface area contributed by atoms with E-state index in [0.29, 0.717) is 31.2 Å². The summed E-state index contributed by atoms with van der Waals surface area (Å²) in [6.07, 6.45) is 14.9. The van der Waals surface area contributed by atoms with Crippen molar-refractivity contribution in [1.29, 1.82) is 0 Å². The molecule has 0 radical (unpaired) electrons. The number of carbonyl (C=O) groups excluding carboxylic acids is 4. The van der Waals surface area contributed by atoms with Crippen molar-refractivity contribution in [2.24, 2.45) is 0 Å². The number of fused-ring (bicyclic) bond motifs is 2. The summed E-state index contributed by atoms with van der Waals surface area (Å²) in [7, 11) is 0. The molecule has 0 unspecified atom stereocenters. The van der Waals surface area contributed by atoms with E-state index >= 15 is 0 Å². The zero-order chi connectivity index (χ0) is 37.7. The highest BCUT2D eigenvalue weighted by Gasteiger charge is 2.44. The lowest BCUT2D eigenvalue weighted by molar-refractivity contribution is -0.167. The zero-order valence-electron chi connectivity index (χ0n) is 33.2. The number of ether oxygens (including phenoxy) is 4. The first-order chi connectivity index (χ1) is 25.4. The highest BCUT2D eigenvalue weighted by Crippen LogP contribution is 2.35. The molecular formula is C40H67N5O8. The topological polar surface area (TPSA) is 121 Å². The Bertz CT molecular complexity index is 1250. The van der Waals surface area contributed by atoms with Gasteiger partial charge in [-0.3, -0.25) is 9.59 Å². The number of morpholine rings is 2. The van der Waals surface area contributed by atoms with Crippen LogP contribution in [0, 0.1) is 0 Å². The number of amides is 4.